The van der Waals surface area contributed by atoms with Gasteiger partial charge < -0.3 is 9.94 Å². The van der Waals surface area contributed by atoms with Crippen molar-refractivity contribution in [3.8, 4) is 5.75 Å². The van der Waals surface area contributed by atoms with Crippen LogP contribution in [0.1, 0.15) is 29.0 Å². The molecule has 2 aromatic carbocycles. The zero-order valence-corrected chi connectivity index (χ0v) is 11.4. The van der Waals surface area contributed by atoms with Crippen molar-refractivity contribution in [2.24, 2.45) is 5.16 Å². The van der Waals surface area contributed by atoms with Crippen LogP contribution < -0.4 is 4.74 Å². The number of benzene rings is 2. The molecule has 3 heteroatoms. The highest BCUT2D eigenvalue weighted by Gasteiger charge is 2.27. The molecule has 1 unspecified atom stereocenters. The van der Waals surface area contributed by atoms with Crippen molar-refractivity contribution in [3.63, 3.8) is 0 Å². The predicted octanol–water partition coefficient (Wildman–Crippen LogP) is 3.60. The first-order valence-electron chi connectivity index (χ1n) is 6.77. The summed E-state index contributed by atoms with van der Waals surface area (Å²) in [6.07, 6.45) is 1.95. The Morgan fingerprint density at radius 2 is 1.95 bits per heavy atom. The van der Waals surface area contributed by atoms with Crippen molar-refractivity contribution in [2.45, 2.75) is 18.8 Å². The van der Waals surface area contributed by atoms with Crippen LogP contribution in [-0.4, -0.2) is 18.0 Å². The lowest BCUT2D eigenvalue weighted by Crippen LogP contribution is -2.22. The maximum atomic E-state index is 9.48. The zero-order valence-electron chi connectivity index (χ0n) is 11.4. The van der Waals surface area contributed by atoms with Gasteiger partial charge in [-0.2, -0.15) is 0 Å². The molecule has 0 bridgehead atoms. The van der Waals surface area contributed by atoms with Gasteiger partial charge in [-0.3, -0.25) is 0 Å². The van der Waals surface area contributed by atoms with Crippen LogP contribution in [0.5, 0.6) is 5.75 Å². The van der Waals surface area contributed by atoms with Crippen LogP contribution in [0.15, 0.2) is 53.7 Å². The minimum absolute atomic E-state index is 0.140. The van der Waals surface area contributed by atoms with Gasteiger partial charge in [-0.1, -0.05) is 41.6 Å². The molecule has 0 saturated heterocycles. The fourth-order valence-corrected chi connectivity index (χ4v) is 2.90. The van der Waals surface area contributed by atoms with Crippen LogP contribution >= 0.6 is 0 Å². The lowest BCUT2D eigenvalue weighted by molar-refractivity contribution is 0.316. The highest BCUT2D eigenvalue weighted by atomic mass is 16.5. The number of nitrogens with zero attached hydrogens (tertiary/aromatic N) is 1. The first-order chi connectivity index (χ1) is 9.83. The molecule has 0 radical (unpaired) electrons. The van der Waals surface area contributed by atoms with E-state index in [9.17, 15) is 5.21 Å². The van der Waals surface area contributed by atoms with Crippen molar-refractivity contribution in [3.05, 3.63) is 65.2 Å². The fourth-order valence-electron chi connectivity index (χ4n) is 2.90. The summed E-state index contributed by atoms with van der Waals surface area (Å²) >= 11 is 0. The smallest absolute Gasteiger partial charge is 0.119 e. The molecule has 102 valence electrons. The largest absolute Gasteiger partial charge is 0.497 e. The Morgan fingerprint density at radius 1 is 1.15 bits per heavy atom. The fraction of sp³-hybridized carbons (Fsp3) is 0.235. The van der Waals surface area contributed by atoms with Crippen molar-refractivity contribution < 1.29 is 9.94 Å². The van der Waals surface area contributed by atoms with E-state index in [2.05, 4.69) is 23.4 Å². The zero-order chi connectivity index (χ0) is 13.9. The molecule has 20 heavy (non-hydrogen) atoms. The molecule has 3 nitrogen and oxygen atoms in total. The summed E-state index contributed by atoms with van der Waals surface area (Å²) < 4.78 is 5.28. The number of oxime groups is 1. The van der Waals surface area contributed by atoms with Gasteiger partial charge in [-0.25, -0.2) is 0 Å². The molecule has 0 fully saturated rings. The molecule has 1 N–H and O–H groups in total. The molecule has 0 heterocycles. The van der Waals surface area contributed by atoms with Gasteiger partial charge in [0.25, 0.3) is 0 Å². The summed E-state index contributed by atoms with van der Waals surface area (Å²) in [6, 6.07) is 16.2. The van der Waals surface area contributed by atoms with E-state index < -0.39 is 0 Å². The van der Waals surface area contributed by atoms with E-state index in [1.807, 2.05) is 30.3 Å². The van der Waals surface area contributed by atoms with Gasteiger partial charge in [0.05, 0.1) is 12.8 Å². The molecule has 2 aromatic rings. The summed E-state index contributed by atoms with van der Waals surface area (Å²) in [5, 5.41) is 13.1. The topological polar surface area (TPSA) is 41.8 Å². The van der Waals surface area contributed by atoms with E-state index in [0.717, 1.165) is 29.9 Å². The molecule has 0 aliphatic heterocycles. The summed E-state index contributed by atoms with van der Waals surface area (Å²) in [7, 11) is 1.65. The van der Waals surface area contributed by atoms with Gasteiger partial charge in [0.2, 0.25) is 0 Å². The number of ether oxygens (including phenoxy) is 1. The standard InChI is InChI=1S/C17H17NO2/c1-20-14-9-7-13-8-10-15(12-5-3-2-4-6-12)17(18-19)16(13)11-14/h2-7,9,11,15,19H,8,10H2,1H3/b18-17+. The van der Waals surface area contributed by atoms with Gasteiger partial charge in [-0.15, -0.1) is 0 Å². The molecule has 1 aliphatic rings. The minimum atomic E-state index is 0.140. The highest BCUT2D eigenvalue weighted by molar-refractivity contribution is 6.07. The van der Waals surface area contributed by atoms with Gasteiger partial charge in [0, 0.05) is 11.5 Å². The van der Waals surface area contributed by atoms with Crippen LogP contribution in [0.4, 0.5) is 0 Å². The third kappa shape index (κ3) is 2.16. The molecule has 1 atom stereocenters. The predicted molar refractivity (Wildman–Crippen MR) is 78.8 cm³/mol. The summed E-state index contributed by atoms with van der Waals surface area (Å²) in [5.41, 5.74) is 4.13. The maximum absolute atomic E-state index is 9.48. The van der Waals surface area contributed by atoms with Crippen LogP contribution in [0.2, 0.25) is 0 Å². The number of aryl methyl sites for hydroxylation is 1. The first-order valence-corrected chi connectivity index (χ1v) is 6.77. The molecular formula is C17H17NO2. The van der Waals surface area contributed by atoms with Crippen LogP contribution in [-0.2, 0) is 6.42 Å². The van der Waals surface area contributed by atoms with E-state index in [0.29, 0.717) is 0 Å². The average molecular weight is 267 g/mol. The summed E-state index contributed by atoms with van der Waals surface area (Å²) in [5.74, 6) is 0.930. The maximum Gasteiger partial charge on any atom is 0.119 e. The molecular weight excluding hydrogens is 250 g/mol. The van der Waals surface area contributed by atoms with E-state index >= 15 is 0 Å². The van der Waals surface area contributed by atoms with Gasteiger partial charge >= 0.3 is 0 Å². The second-order valence-electron chi connectivity index (χ2n) is 5.01. The van der Waals surface area contributed by atoms with Crippen LogP contribution in [0.3, 0.4) is 0 Å². The highest BCUT2D eigenvalue weighted by Crippen LogP contribution is 2.34. The third-order valence-corrected chi connectivity index (χ3v) is 3.94. The Bertz CT molecular complexity index is 635. The lowest BCUT2D eigenvalue weighted by atomic mass is 9.78. The minimum Gasteiger partial charge on any atom is -0.497 e. The number of hydrogen-bond donors (Lipinski definition) is 1. The van der Waals surface area contributed by atoms with Crippen molar-refractivity contribution in [1.29, 1.82) is 0 Å². The summed E-state index contributed by atoms with van der Waals surface area (Å²) in [6.45, 7) is 0. The molecule has 0 saturated carbocycles. The monoisotopic (exact) mass is 267 g/mol. The first kappa shape index (κ1) is 12.7. The Hall–Kier alpha value is -2.29. The number of rotatable bonds is 2. The van der Waals surface area contributed by atoms with Gasteiger partial charge in [0.15, 0.2) is 0 Å². The molecule has 0 aromatic heterocycles. The Labute approximate surface area is 118 Å². The second kappa shape index (κ2) is 5.37. The SMILES string of the molecule is COc1ccc2c(c1)/C(=N/O)C(c1ccccc1)CC2. The van der Waals surface area contributed by atoms with E-state index in [-0.39, 0.29) is 5.92 Å². The quantitative estimate of drug-likeness (QED) is 0.667. The Kier molecular flexibility index (Phi) is 3.42. The van der Waals surface area contributed by atoms with Crippen LogP contribution in [0, 0.1) is 0 Å². The van der Waals surface area contributed by atoms with Crippen LogP contribution in [0.25, 0.3) is 0 Å². The third-order valence-electron chi connectivity index (χ3n) is 3.94. The number of methoxy groups -OCH3 is 1. The number of fused-ring (bicyclic) bond motifs is 1. The lowest BCUT2D eigenvalue weighted by Gasteiger charge is -2.26. The second-order valence-corrected chi connectivity index (χ2v) is 5.01. The van der Waals surface area contributed by atoms with Gasteiger partial charge in [0.1, 0.15) is 5.75 Å². The average Bonchev–Trinajstić information content (AvgIpc) is 2.54. The van der Waals surface area contributed by atoms with Crippen molar-refractivity contribution in [2.75, 3.05) is 7.11 Å². The normalized spacial score (nSPS) is 19.6. The van der Waals surface area contributed by atoms with Gasteiger partial charge in [-0.05, 0) is 36.1 Å². The van der Waals surface area contributed by atoms with E-state index in [1.54, 1.807) is 7.11 Å². The molecule has 0 spiro atoms. The molecule has 3 rings (SSSR count). The van der Waals surface area contributed by atoms with Crippen molar-refractivity contribution in [1.82, 2.24) is 0 Å². The Balaban J connectivity index is 2.06. The number of hydrogen-bond acceptors (Lipinski definition) is 3. The van der Waals surface area contributed by atoms with E-state index in [4.69, 9.17) is 4.74 Å². The Morgan fingerprint density at radius 3 is 2.65 bits per heavy atom. The molecule has 1 aliphatic carbocycles. The van der Waals surface area contributed by atoms with E-state index in [1.165, 1.54) is 11.1 Å². The van der Waals surface area contributed by atoms with Crippen molar-refractivity contribution >= 4 is 5.71 Å². The molecule has 0 amide bonds. The summed E-state index contributed by atoms with van der Waals surface area (Å²) in [4.78, 5) is 0.